The fourth-order valence-corrected chi connectivity index (χ4v) is 3.83. The molecule has 1 saturated carbocycles. The van der Waals surface area contributed by atoms with Gasteiger partial charge in [-0.05, 0) is 54.7 Å². The number of nitrogens with zero attached hydrogens (tertiary/aromatic N) is 1. The molecular weight excluding hydrogens is 278 g/mol. The third-order valence-electron chi connectivity index (χ3n) is 5.32. The van der Waals surface area contributed by atoms with Gasteiger partial charge in [0.15, 0.2) is 0 Å². The van der Waals surface area contributed by atoms with Crippen LogP contribution < -0.4 is 0 Å². The van der Waals surface area contributed by atoms with E-state index in [1.165, 1.54) is 69.8 Å². The SMILES string of the molecule is CCCCCCC[C@H]1CC[C@H](c2ccc(C=CC#N)cc2)CC1. The standard InChI is InChI=1S/C22H31N/c1-2-3-4-5-6-8-19-10-14-21(15-11-19)22-16-12-20(13-17-22)9-7-18-23/h7,9,12-13,16-17,19,21H,2-6,8,10-11,14-15H2,1H3/t19-,21-. The number of hydrogen-bond donors (Lipinski definition) is 0. The summed E-state index contributed by atoms with van der Waals surface area (Å²) in [6, 6.07) is 10.8. The second-order valence-corrected chi connectivity index (χ2v) is 7.05. The van der Waals surface area contributed by atoms with Crippen molar-refractivity contribution in [2.24, 2.45) is 5.92 Å². The first-order chi connectivity index (χ1) is 11.3. The van der Waals surface area contributed by atoms with E-state index in [0.717, 1.165) is 17.4 Å². The molecule has 0 radical (unpaired) electrons. The van der Waals surface area contributed by atoms with Crippen molar-refractivity contribution in [1.82, 2.24) is 0 Å². The van der Waals surface area contributed by atoms with E-state index in [2.05, 4.69) is 31.2 Å². The number of hydrogen-bond acceptors (Lipinski definition) is 1. The summed E-state index contributed by atoms with van der Waals surface area (Å²) in [4.78, 5) is 0. The maximum atomic E-state index is 8.58. The average Bonchev–Trinajstić information content (AvgIpc) is 2.61. The van der Waals surface area contributed by atoms with Gasteiger partial charge in [0.25, 0.3) is 0 Å². The molecule has 1 nitrogen and oxygen atoms in total. The molecule has 1 aliphatic rings. The lowest BCUT2D eigenvalue weighted by molar-refractivity contribution is 0.302. The van der Waals surface area contributed by atoms with Gasteiger partial charge in [0.2, 0.25) is 0 Å². The molecule has 1 aromatic carbocycles. The van der Waals surface area contributed by atoms with Crippen molar-refractivity contribution in [3.63, 3.8) is 0 Å². The summed E-state index contributed by atoms with van der Waals surface area (Å²) >= 11 is 0. The summed E-state index contributed by atoms with van der Waals surface area (Å²) in [5, 5.41) is 8.58. The van der Waals surface area contributed by atoms with Gasteiger partial charge in [0, 0.05) is 6.08 Å². The minimum Gasteiger partial charge on any atom is -0.193 e. The number of nitriles is 1. The normalized spacial score (nSPS) is 21.4. The number of rotatable bonds is 8. The smallest absolute Gasteiger partial charge is 0.0912 e. The zero-order valence-electron chi connectivity index (χ0n) is 14.6. The molecule has 0 bridgehead atoms. The van der Waals surface area contributed by atoms with Crippen LogP contribution in [0.25, 0.3) is 6.08 Å². The molecule has 0 spiro atoms. The summed E-state index contributed by atoms with van der Waals surface area (Å²) in [7, 11) is 0. The molecule has 124 valence electrons. The van der Waals surface area contributed by atoms with Crippen molar-refractivity contribution >= 4 is 6.08 Å². The molecule has 0 amide bonds. The van der Waals surface area contributed by atoms with E-state index >= 15 is 0 Å². The van der Waals surface area contributed by atoms with Crippen molar-refractivity contribution in [2.75, 3.05) is 0 Å². The van der Waals surface area contributed by atoms with Crippen LogP contribution in [-0.4, -0.2) is 0 Å². The molecular formula is C22H31N. The van der Waals surface area contributed by atoms with Crippen molar-refractivity contribution in [1.29, 1.82) is 5.26 Å². The van der Waals surface area contributed by atoms with Crippen molar-refractivity contribution < 1.29 is 0 Å². The van der Waals surface area contributed by atoms with E-state index in [-0.39, 0.29) is 0 Å². The third-order valence-corrected chi connectivity index (χ3v) is 5.32. The highest BCUT2D eigenvalue weighted by Gasteiger charge is 2.21. The van der Waals surface area contributed by atoms with Gasteiger partial charge in [0.05, 0.1) is 6.07 Å². The predicted octanol–water partition coefficient (Wildman–Crippen LogP) is 6.86. The maximum Gasteiger partial charge on any atom is 0.0912 e. The van der Waals surface area contributed by atoms with Gasteiger partial charge in [-0.2, -0.15) is 5.26 Å². The molecule has 1 aliphatic carbocycles. The van der Waals surface area contributed by atoms with E-state index in [1.54, 1.807) is 6.08 Å². The van der Waals surface area contributed by atoms with Gasteiger partial charge < -0.3 is 0 Å². The first kappa shape index (κ1) is 17.8. The largest absolute Gasteiger partial charge is 0.193 e. The molecule has 1 heteroatoms. The highest BCUT2D eigenvalue weighted by molar-refractivity contribution is 5.52. The van der Waals surface area contributed by atoms with Crippen LogP contribution in [0.4, 0.5) is 0 Å². The molecule has 0 N–H and O–H groups in total. The van der Waals surface area contributed by atoms with Crippen LogP contribution in [0.3, 0.4) is 0 Å². The molecule has 1 fully saturated rings. The summed E-state index contributed by atoms with van der Waals surface area (Å²) in [6.45, 7) is 2.29. The zero-order valence-corrected chi connectivity index (χ0v) is 14.6. The lowest BCUT2D eigenvalue weighted by atomic mass is 9.77. The van der Waals surface area contributed by atoms with E-state index < -0.39 is 0 Å². The summed E-state index contributed by atoms with van der Waals surface area (Å²) in [6.07, 6.45) is 17.5. The zero-order chi connectivity index (χ0) is 16.3. The second-order valence-electron chi connectivity index (χ2n) is 7.05. The first-order valence-electron chi connectivity index (χ1n) is 9.49. The Labute approximate surface area is 142 Å². The summed E-state index contributed by atoms with van der Waals surface area (Å²) in [5.41, 5.74) is 2.61. The summed E-state index contributed by atoms with van der Waals surface area (Å²) in [5.74, 6) is 1.73. The van der Waals surface area contributed by atoms with Crippen molar-refractivity contribution in [2.45, 2.75) is 77.0 Å². The lowest BCUT2D eigenvalue weighted by Crippen LogP contribution is -2.13. The minimum absolute atomic E-state index is 0.750. The fraction of sp³-hybridized carbons (Fsp3) is 0.591. The van der Waals surface area contributed by atoms with Crippen LogP contribution in [0, 0.1) is 17.2 Å². The van der Waals surface area contributed by atoms with Crippen LogP contribution in [0.2, 0.25) is 0 Å². The lowest BCUT2D eigenvalue weighted by Gasteiger charge is -2.29. The van der Waals surface area contributed by atoms with Crippen LogP contribution in [0.15, 0.2) is 30.3 Å². The quantitative estimate of drug-likeness (QED) is 0.380. The van der Waals surface area contributed by atoms with E-state index in [0.29, 0.717) is 0 Å². The molecule has 2 rings (SSSR count). The Bertz CT molecular complexity index is 498. The fourth-order valence-electron chi connectivity index (χ4n) is 3.83. The molecule has 0 atom stereocenters. The Kier molecular flexibility index (Phi) is 7.95. The molecule has 0 saturated heterocycles. The van der Waals surface area contributed by atoms with Gasteiger partial charge in [-0.15, -0.1) is 0 Å². The molecule has 0 aliphatic heterocycles. The molecule has 0 heterocycles. The number of unbranched alkanes of at least 4 members (excludes halogenated alkanes) is 4. The van der Waals surface area contributed by atoms with Gasteiger partial charge in [-0.25, -0.2) is 0 Å². The first-order valence-corrected chi connectivity index (χ1v) is 9.49. The van der Waals surface area contributed by atoms with Crippen LogP contribution >= 0.6 is 0 Å². The topological polar surface area (TPSA) is 23.8 Å². The number of benzene rings is 1. The van der Waals surface area contributed by atoms with Crippen molar-refractivity contribution in [3.05, 3.63) is 41.5 Å². The number of allylic oxidation sites excluding steroid dienone is 1. The maximum absolute atomic E-state index is 8.58. The van der Waals surface area contributed by atoms with Gasteiger partial charge in [0.1, 0.15) is 0 Å². The Morgan fingerprint density at radius 3 is 2.35 bits per heavy atom. The molecule has 0 aromatic heterocycles. The minimum atomic E-state index is 0.750. The van der Waals surface area contributed by atoms with Crippen LogP contribution in [0.5, 0.6) is 0 Å². The van der Waals surface area contributed by atoms with E-state index in [9.17, 15) is 0 Å². The Hall–Kier alpha value is -1.55. The van der Waals surface area contributed by atoms with Crippen LogP contribution in [0.1, 0.15) is 88.2 Å². The molecule has 0 unspecified atom stereocenters. The van der Waals surface area contributed by atoms with Gasteiger partial charge in [-0.1, -0.05) is 69.7 Å². The average molecular weight is 309 g/mol. The monoisotopic (exact) mass is 309 g/mol. The van der Waals surface area contributed by atoms with Gasteiger partial charge in [-0.3, -0.25) is 0 Å². The Morgan fingerprint density at radius 2 is 1.70 bits per heavy atom. The van der Waals surface area contributed by atoms with Gasteiger partial charge >= 0.3 is 0 Å². The van der Waals surface area contributed by atoms with E-state index in [4.69, 9.17) is 5.26 Å². The Morgan fingerprint density at radius 1 is 1.00 bits per heavy atom. The van der Waals surface area contributed by atoms with Crippen LogP contribution in [-0.2, 0) is 0 Å². The predicted molar refractivity (Wildman–Crippen MR) is 99.2 cm³/mol. The molecule has 23 heavy (non-hydrogen) atoms. The van der Waals surface area contributed by atoms with Crippen molar-refractivity contribution in [3.8, 4) is 6.07 Å². The highest BCUT2D eigenvalue weighted by atomic mass is 14.3. The summed E-state index contributed by atoms with van der Waals surface area (Å²) < 4.78 is 0. The second kappa shape index (κ2) is 10.3. The highest BCUT2D eigenvalue weighted by Crippen LogP contribution is 2.37. The van der Waals surface area contributed by atoms with E-state index in [1.807, 2.05) is 12.1 Å². The Balaban J connectivity index is 1.71. The molecule has 1 aromatic rings. The third kappa shape index (κ3) is 6.22.